The van der Waals surface area contributed by atoms with Crippen LogP contribution in [-0.2, 0) is 11.3 Å². The number of benzene rings is 1. The summed E-state index contributed by atoms with van der Waals surface area (Å²) in [7, 11) is 0. The molecule has 1 aromatic heterocycles. The molecule has 7 heteroatoms. The number of carbonyl (C=O) groups excluding carboxylic acids is 3. The van der Waals surface area contributed by atoms with Crippen LogP contribution in [0.5, 0.6) is 0 Å². The van der Waals surface area contributed by atoms with Crippen molar-refractivity contribution in [3.05, 3.63) is 52.8 Å². The second-order valence-corrected chi connectivity index (χ2v) is 5.56. The molecular formula is C17H17N3O4. The Balaban J connectivity index is 1.68. The van der Waals surface area contributed by atoms with E-state index in [0.29, 0.717) is 5.06 Å². The molecule has 1 aliphatic heterocycles. The smallest absolute Gasteiger partial charge is 0.322 e. The van der Waals surface area contributed by atoms with Gasteiger partial charge in [-0.2, -0.15) is 5.10 Å². The van der Waals surface area contributed by atoms with Crippen LogP contribution >= 0.6 is 0 Å². The fourth-order valence-corrected chi connectivity index (χ4v) is 2.54. The summed E-state index contributed by atoms with van der Waals surface area (Å²) >= 11 is 0. The molecule has 3 rings (SSSR count). The fraction of sp³-hybridized carbons (Fsp3) is 0.294. The van der Waals surface area contributed by atoms with Gasteiger partial charge in [0.1, 0.15) is 0 Å². The molecule has 2 amide bonds. The van der Waals surface area contributed by atoms with Crippen molar-refractivity contribution in [2.45, 2.75) is 32.6 Å². The van der Waals surface area contributed by atoms with Crippen LogP contribution in [0.1, 0.15) is 63.1 Å². The zero-order chi connectivity index (χ0) is 17.1. The Morgan fingerprint density at radius 2 is 1.83 bits per heavy atom. The maximum atomic E-state index is 12.2. The maximum Gasteiger partial charge on any atom is 0.384 e. The predicted molar refractivity (Wildman–Crippen MR) is 84.2 cm³/mol. The third-order valence-corrected chi connectivity index (χ3v) is 3.82. The second-order valence-electron chi connectivity index (χ2n) is 5.56. The minimum Gasteiger partial charge on any atom is -0.322 e. The number of amides is 2. The monoisotopic (exact) mass is 327 g/mol. The minimum absolute atomic E-state index is 0.0399. The van der Waals surface area contributed by atoms with Gasteiger partial charge in [0.15, 0.2) is 5.69 Å². The standard InChI is InChI=1S/C17H17N3O4/c1-2-3-4-7-11-10-14(19-18-11)17(23)24-20-15(21)12-8-5-6-9-13(12)16(20)22/h5-6,8-10H,2-4,7H2,1H3,(H,18,19). The molecule has 2 aromatic rings. The van der Waals surface area contributed by atoms with E-state index in [0.717, 1.165) is 31.4 Å². The van der Waals surface area contributed by atoms with E-state index in [-0.39, 0.29) is 16.8 Å². The Morgan fingerprint density at radius 1 is 1.17 bits per heavy atom. The number of carbonyl (C=O) groups is 3. The van der Waals surface area contributed by atoms with Gasteiger partial charge in [0.05, 0.1) is 11.1 Å². The van der Waals surface area contributed by atoms with Crippen molar-refractivity contribution in [1.82, 2.24) is 15.3 Å². The molecule has 0 aliphatic carbocycles. The lowest BCUT2D eigenvalue weighted by atomic mass is 10.1. The number of fused-ring (bicyclic) bond motifs is 1. The van der Waals surface area contributed by atoms with Crippen molar-refractivity contribution in [2.24, 2.45) is 0 Å². The van der Waals surface area contributed by atoms with E-state index in [1.165, 1.54) is 12.1 Å². The SMILES string of the molecule is CCCCCc1cc(C(=O)ON2C(=O)c3ccccc3C2=O)n[nH]1. The molecule has 124 valence electrons. The topological polar surface area (TPSA) is 92.4 Å². The third-order valence-electron chi connectivity index (χ3n) is 3.82. The van der Waals surface area contributed by atoms with Crippen molar-refractivity contribution in [3.8, 4) is 0 Å². The number of aryl methyl sites for hydroxylation is 1. The third kappa shape index (κ3) is 2.92. The number of hydrogen-bond acceptors (Lipinski definition) is 5. The Morgan fingerprint density at radius 3 is 2.46 bits per heavy atom. The number of hydroxylamine groups is 2. The quantitative estimate of drug-likeness (QED) is 0.650. The lowest BCUT2D eigenvalue weighted by Gasteiger charge is -2.11. The van der Waals surface area contributed by atoms with E-state index in [4.69, 9.17) is 4.84 Å². The maximum absolute atomic E-state index is 12.2. The first-order valence-electron chi connectivity index (χ1n) is 7.86. The van der Waals surface area contributed by atoms with Gasteiger partial charge in [-0.15, -0.1) is 0 Å². The van der Waals surface area contributed by atoms with Crippen molar-refractivity contribution >= 4 is 17.8 Å². The van der Waals surface area contributed by atoms with Crippen molar-refractivity contribution < 1.29 is 19.2 Å². The highest BCUT2D eigenvalue weighted by Gasteiger charge is 2.39. The number of unbranched alkanes of at least 4 members (excludes halogenated alkanes) is 2. The van der Waals surface area contributed by atoms with E-state index in [1.54, 1.807) is 18.2 Å². The summed E-state index contributed by atoms with van der Waals surface area (Å²) in [6.07, 6.45) is 3.96. The van der Waals surface area contributed by atoms with Gasteiger partial charge in [0.2, 0.25) is 0 Å². The van der Waals surface area contributed by atoms with Crippen LogP contribution < -0.4 is 0 Å². The fourth-order valence-electron chi connectivity index (χ4n) is 2.54. The summed E-state index contributed by atoms with van der Waals surface area (Å²) < 4.78 is 0. The average molecular weight is 327 g/mol. The van der Waals surface area contributed by atoms with Gasteiger partial charge < -0.3 is 4.84 Å². The molecule has 0 radical (unpaired) electrons. The highest BCUT2D eigenvalue weighted by molar-refractivity contribution is 6.21. The molecular weight excluding hydrogens is 310 g/mol. The molecule has 1 N–H and O–H groups in total. The van der Waals surface area contributed by atoms with E-state index in [1.807, 2.05) is 0 Å². The van der Waals surface area contributed by atoms with Crippen molar-refractivity contribution in [1.29, 1.82) is 0 Å². The van der Waals surface area contributed by atoms with Crippen LogP contribution in [-0.4, -0.2) is 33.0 Å². The average Bonchev–Trinajstić information content (AvgIpc) is 3.15. The van der Waals surface area contributed by atoms with E-state index >= 15 is 0 Å². The van der Waals surface area contributed by atoms with Crippen molar-refractivity contribution in [3.63, 3.8) is 0 Å². The number of hydrogen-bond donors (Lipinski definition) is 1. The molecule has 0 unspecified atom stereocenters. The first kappa shape index (κ1) is 15.9. The predicted octanol–water partition coefficient (Wildman–Crippen LogP) is 2.51. The number of aromatic amines is 1. The van der Waals surface area contributed by atoms with E-state index in [2.05, 4.69) is 17.1 Å². The highest BCUT2D eigenvalue weighted by atomic mass is 16.7. The normalized spacial score (nSPS) is 13.3. The minimum atomic E-state index is -0.845. The van der Waals surface area contributed by atoms with Crippen molar-refractivity contribution in [2.75, 3.05) is 0 Å². The molecule has 2 heterocycles. The highest BCUT2D eigenvalue weighted by Crippen LogP contribution is 2.23. The number of aromatic nitrogens is 2. The lowest BCUT2D eigenvalue weighted by Crippen LogP contribution is -2.32. The molecule has 0 spiro atoms. The van der Waals surface area contributed by atoms with Gasteiger partial charge in [-0.25, -0.2) is 4.79 Å². The van der Waals surface area contributed by atoms with Gasteiger partial charge >= 0.3 is 5.97 Å². The Bertz CT molecular complexity index is 762. The van der Waals surface area contributed by atoms with Gasteiger partial charge in [-0.05, 0) is 31.0 Å². The molecule has 0 bridgehead atoms. The lowest BCUT2D eigenvalue weighted by molar-refractivity contribution is -0.0588. The Labute approximate surface area is 138 Å². The number of imide groups is 1. The molecule has 1 aliphatic rings. The van der Waals surface area contributed by atoms with Crippen LogP contribution in [0, 0.1) is 0 Å². The van der Waals surface area contributed by atoms with Gasteiger partial charge in [-0.3, -0.25) is 14.7 Å². The largest absolute Gasteiger partial charge is 0.384 e. The van der Waals surface area contributed by atoms with Gasteiger partial charge in [0, 0.05) is 5.69 Å². The van der Waals surface area contributed by atoms with Crippen LogP contribution in [0.15, 0.2) is 30.3 Å². The van der Waals surface area contributed by atoms with Gasteiger partial charge in [-0.1, -0.05) is 37.0 Å². The molecule has 0 saturated heterocycles. The van der Waals surface area contributed by atoms with Crippen LogP contribution in [0.2, 0.25) is 0 Å². The first-order valence-corrected chi connectivity index (χ1v) is 7.86. The molecule has 24 heavy (non-hydrogen) atoms. The number of rotatable bonds is 6. The van der Waals surface area contributed by atoms with Crippen LogP contribution in [0.3, 0.4) is 0 Å². The van der Waals surface area contributed by atoms with Gasteiger partial charge in [0.25, 0.3) is 11.8 Å². The molecule has 0 saturated carbocycles. The number of nitrogens with zero attached hydrogens (tertiary/aromatic N) is 2. The molecule has 7 nitrogen and oxygen atoms in total. The summed E-state index contributed by atoms with van der Waals surface area (Å²) in [5.41, 5.74) is 1.30. The van der Waals surface area contributed by atoms with Crippen LogP contribution in [0.25, 0.3) is 0 Å². The summed E-state index contributed by atoms with van der Waals surface area (Å²) in [5.74, 6) is -2.15. The van der Waals surface area contributed by atoms with E-state index in [9.17, 15) is 14.4 Å². The zero-order valence-electron chi connectivity index (χ0n) is 13.2. The summed E-state index contributed by atoms with van der Waals surface area (Å²) in [5, 5.41) is 7.14. The first-order chi connectivity index (χ1) is 11.6. The number of H-pyrrole nitrogens is 1. The molecule has 0 atom stereocenters. The van der Waals surface area contributed by atoms with E-state index < -0.39 is 17.8 Å². The zero-order valence-corrected chi connectivity index (χ0v) is 13.2. The summed E-state index contributed by atoms with van der Waals surface area (Å²) in [4.78, 5) is 41.4. The van der Waals surface area contributed by atoms with Crippen LogP contribution in [0.4, 0.5) is 0 Å². The molecule has 1 aromatic carbocycles. The summed E-state index contributed by atoms with van der Waals surface area (Å²) in [6, 6.07) is 7.90. The Kier molecular flexibility index (Phi) is 4.41. The number of nitrogens with one attached hydrogen (secondary N) is 1. The molecule has 0 fully saturated rings. The second kappa shape index (κ2) is 6.66. The Hall–Kier alpha value is -2.96. The summed E-state index contributed by atoms with van der Waals surface area (Å²) in [6.45, 7) is 2.11.